The number of anilines is 1. The highest BCUT2D eigenvalue weighted by Crippen LogP contribution is 2.48. The lowest BCUT2D eigenvalue weighted by molar-refractivity contribution is -0.126. The first-order valence-electron chi connectivity index (χ1n) is 8.16. The molecule has 5 heteroatoms. The van der Waals surface area contributed by atoms with Crippen LogP contribution >= 0.6 is 0 Å². The van der Waals surface area contributed by atoms with Crippen molar-refractivity contribution in [3.05, 3.63) is 41.2 Å². The van der Waals surface area contributed by atoms with Crippen molar-refractivity contribution in [2.75, 3.05) is 4.90 Å². The number of nitrogens with zero attached hydrogens (tertiary/aromatic N) is 1. The summed E-state index contributed by atoms with van der Waals surface area (Å²) in [5, 5.41) is 0. The summed E-state index contributed by atoms with van der Waals surface area (Å²) in [5.41, 5.74) is 1.63. The molecule has 124 valence electrons. The number of para-hydroxylation sites is 1. The quantitative estimate of drug-likeness (QED) is 0.744. The minimum atomic E-state index is -0.889. The number of allylic oxidation sites excluding steroid dienone is 1. The van der Waals surface area contributed by atoms with E-state index in [-0.39, 0.29) is 23.0 Å². The fourth-order valence-electron chi connectivity index (χ4n) is 3.98. The van der Waals surface area contributed by atoms with Gasteiger partial charge in [0.05, 0.1) is 5.69 Å². The van der Waals surface area contributed by atoms with Gasteiger partial charge in [0.15, 0.2) is 11.9 Å². The third-order valence-electron chi connectivity index (χ3n) is 5.07. The number of benzene rings is 1. The minimum absolute atomic E-state index is 0.0680. The van der Waals surface area contributed by atoms with Crippen molar-refractivity contribution in [3.8, 4) is 0 Å². The van der Waals surface area contributed by atoms with Crippen LogP contribution in [0.5, 0.6) is 0 Å². The summed E-state index contributed by atoms with van der Waals surface area (Å²) in [5.74, 6) is -1.04. The summed E-state index contributed by atoms with van der Waals surface area (Å²) in [6.45, 7) is 5.84. The molecule has 0 bridgehead atoms. The van der Waals surface area contributed by atoms with E-state index in [1.54, 1.807) is 12.1 Å². The Hall–Kier alpha value is -2.43. The third-order valence-corrected chi connectivity index (χ3v) is 5.07. The maximum atomic E-state index is 13.0. The van der Waals surface area contributed by atoms with E-state index >= 15 is 0 Å². The van der Waals surface area contributed by atoms with Gasteiger partial charge in [-0.05, 0) is 24.0 Å². The lowest BCUT2D eigenvalue weighted by Gasteiger charge is -2.29. The van der Waals surface area contributed by atoms with Gasteiger partial charge >= 0.3 is 0 Å². The normalized spacial score (nSPS) is 28.1. The van der Waals surface area contributed by atoms with Crippen LogP contribution in [-0.4, -0.2) is 23.7 Å². The largest absolute Gasteiger partial charge is 0.483 e. The van der Waals surface area contributed by atoms with E-state index in [2.05, 4.69) is 0 Å². The number of ketones is 1. The second-order valence-corrected chi connectivity index (χ2v) is 7.59. The molecule has 1 aromatic carbocycles. The lowest BCUT2D eigenvalue weighted by Crippen LogP contribution is -2.35. The van der Waals surface area contributed by atoms with E-state index in [4.69, 9.17) is 4.74 Å². The van der Waals surface area contributed by atoms with E-state index < -0.39 is 12.0 Å². The number of ether oxygens (including phenoxy) is 1. The second-order valence-electron chi connectivity index (χ2n) is 7.59. The molecule has 1 aromatic rings. The maximum absolute atomic E-state index is 13.0. The van der Waals surface area contributed by atoms with Crippen LogP contribution in [0.15, 0.2) is 35.6 Å². The molecule has 2 aliphatic heterocycles. The van der Waals surface area contributed by atoms with Gasteiger partial charge in [-0.15, -0.1) is 0 Å². The molecule has 0 aromatic heterocycles. The predicted molar refractivity (Wildman–Crippen MR) is 87.1 cm³/mol. The number of hydrogen-bond acceptors (Lipinski definition) is 4. The Labute approximate surface area is 140 Å². The highest BCUT2D eigenvalue weighted by Gasteiger charge is 2.59. The smallest absolute Gasteiger partial charge is 0.276 e. The molecular weight excluding hydrogens is 306 g/mol. The molecule has 0 spiro atoms. The third kappa shape index (κ3) is 1.97. The summed E-state index contributed by atoms with van der Waals surface area (Å²) < 4.78 is 5.82. The Bertz CT molecular complexity index is 820. The van der Waals surface area contributed by atoms with Gasteiger partial charge in [0.25, 0.3) is 5.91 Å². The van der Waals surface area contributed by atoms with Crippen molar-refractivity contribution >= 4 is 23.3 Å². The maximum Gasteiger partial charge on any atom is 0.276 e. The molecule has 0 radical (unpaired) electrons. The van der Waals surface area contributed by atoms with Gasteiger partial charge in [0, 0.05) is 18.4 Å². The van der Waals surface area contributed by atoms with Crippen molar-refractivity contribution in [1.82, 2.24) is 0 Å². The van der Waals surface area contributed by atoms with Gasteiger partial charge in [-0.2, -0.15) is 0 Å². The minimum Gasteiger partial charge on any atom is -0.483 e. The molecule has 5 nitrogen and oxygen atoms in total. The van der Waals surface area contributed by atoms with E-state index in [0.717, 1.165) is 5.56 Å². The summed E-state index contributed by atoms with van der Waals surface area (Å²) >= 11 is 0. The Morgan fingerprint density at radius 1 is 1.08 bits per heavy atom. The van der Waals surface area contributed by atoms with Crippen LogP contribution in [0.25, 0.3) is 0 Å². The number of fused-ring (bicyclic) bond motifs is 2. The standard InChI is InChI=1S/C19H19NO4/c1-10-6-4-5-7-11(10)20-17(22)15-14-12(21)8-19(2,3)9-13(14)24-16(15)18(20)23/h4-7,15-16H,8-9H2,1-3H3/t15-,16+/m1/s1. The zero-order valence-corrected chi connectivity index (χ0v) is 14.0. The van der Waals surface area contributed by atoms with Crippen LogP contribution in [-0.2, 0) is 19.1 Å². The number of aryl methyl sites for hydroxylation is 1. The Kier molecular flexibility index (Phi) is 3.02. The Morgan fingerprint density at radius 2 is 1.79 bits per heavy atom. The van der Waals surface area contributed by atoms with Crippen LogP contribution in [0, 0.1) is 18.3 Å². The van der Waals surface area contributed by atoms with Gasteiger partial charge < -0.3 is 4.74 Å². The molecule has 0 N–H and O–H groups in total. The van der Waals surface area contributed by atoms with Gasteiger partial charge in [-0.3, -0.25) is 14.4 Å². The lowest BCUT2D eigenvalue weighted by atomic mass is 9.74. The van der Waals surface area contributed by atoms with E-state index in [9.17, 15) is 14.4 Å². The summed E-state index contributed by atoms with van der Waals surface area (Å²) in [6.07, 6.45) is 0.0796. The molecule has 3 aliphatic rings. The Morgan fingerprint density at radius 3 is 2.50 bits per heavy atom. The number of Topliss-reactive ketones (excluding diaryl/α,β-unsaturated/α-hetero) is 1. The number of amides is 2. The zero-order chi connectivity index (χ0) is 17.2. The molecule has 1 fully saturated rings. The van der Waals surface area contributed by atoms with E-state index in [1.165, 1.54) is 4.90 Å². The van der Waals surface area contributed by atoms with Gasteiger partial charge in [-0.1, -0.05) is 32.0 Å². The highest BCUT2D eigenvalue weighted by molar-refractivity contribution is 6.27. The topological polar surface area (TPSA) is 63.7 Å². The monoisotopic (exact) mass is 325 g/mol. The molecule has 2 atom stereocenters. The van der Waals surface area contributed by atoms with Gasteiger partial charge in [0.2, 0.25) is 5.91 Å². The molecular formula is C19H19NO4. The number of carbonyl (C=O) groups excluding carboxylic acids is 3. The number of imide groups is 1. The predicted octanol–water partition coefficient (Wildman–Crippen LogP) is 2.53. The fraction of sp³-hybridized carbons (Fsp3) is 0.421. The molecule has 0 unspecified atom stereocenters. The van der Waals surface area contributed by atoms with Crippen LogP contribution in [0.1, 0.15) is 32.3 Å². The number of rotatable bonds is 1. The summed E-state index contributed by atoms with van der Waals surface area (Å²) in [7, 11) is 0. The van der Waals surface area contributed by atoms with Crippen molar-refractivity contribution in [3.63, 3.8) is 0 Å². The second kappa shape index (κ2) is 4.79. The molecule has 2 amide bonds. The number of hydrogen-bond donors (Lipinski definition) is 0. The summed E-state index contributed by atoms with van der Waals surface area (Å²) in [6, 6.07) is 7.24. The average Bonchev–Trinajstić information content (AvgIpc) is 2.96. The molecule has 0 saturated carbocycles. The first-order valence-corrected chi connectivity index (χ1v) is 8.16. The molecule has 4 rings (SSSR count). The van der Waals surface area contributed by atoms with Crippen LogP contribution in [0.3, 0.4) is 0 Å². The van der Waals surface area contributed by atoms with Crippen LogP contribution < -0.4 is 4.90 Å². The van der Waals surface area contributed by atoms with Crippen molar-refractivity contribution in [1.29, 1.82) is 0 Å². The van der Waals surface area contributed by atoms with Crippen molar-refractivity contribution in [2.24, 2.45) is 11.3 Å². The molecule has 1 saturated heterocycles. The first kappa shape index (κ1) is 15.1. The van der Waals surface area contributed by atoms with Gasteiger partial charge in [-0.25, -0.2) is 4.90 Å². The highest BCUT2D eigenvalue weighted by atomic mass is 16.5. The van der Waals surface area contributed by atoms with Crippen molar-refractivity contribution < 1.29 is 19.1 Å². The van der Waals surface area contributed by atoms with Crippen LogP contribution in [0.2, 0.25) is 0 Å². The molecule has 24 heavy (non-hydrogen) atoms. The fourth-order valence-corrected chi connectivity index (χ4v) is 3.98. The SMILES string of the molecule is Cc1ccccc1N1C(=O)[C@@H]2C3=C(CC(C)(C)CC3=O)O[C@@H]2C1=O. The number of carbonyl (C=O) groups is 3. The Balaban J connectivity index is 1.76. The zero-order valence-electron chi connectivity index (χ0n) is 14.0. The van der Waals surface area contributed by atoms with E-state index in [0.29, 0.717) is 29.9 Å². The average molecular weight is 325 g/mol. The van der Waals surface area contributed by atoms with Crippen LogP contribution in [0.4, 0.5) is 5.69 Å². The summed E-state index contributed by atoms with van der Waals surface area (Å²) in [4.78, 5) is 39.5. The molecule has 2 heterocycles. The first-order chi connectivity index (χ1) is 11.3. The van der Waals surface area contributed by atoms with Gasteiger partial charge in [0.1, 0.15) is 11.7 Å². The van der Waals surface area contributed by atoms with E-state index in [1.807, 2.05) is 32.9 Å². The molecule has 1 aliphatic carbocycles. The van der Waals surface area contributed by atoms with Crippen molar-refractivity contribution in [2.45, 2.75) is 39.7 Å².